The summed E-state index contributed by atoms with van der Waals surface area (Å²) in [5.41, 5.74) is 16.7. The third-order valence-corrected chi connectivity index (χ3v) is 4.04. The Hall–Kier alpha value is -1.64. The van der Waals surface area contributed by atoms with Gasteiger partial charge in [0.1, 0.15) is 5.66 Å². The smallest absolute Gasteiger partial charge is 0.117 e. The van der Waals surface area contributed by atoms with Gasteiger partial charge in [-0.1, -0.05) is 76.2 Å². The summed E-state index contributed by atoms with van der Waals surface area (Å²) in [6, 6.07) is 16.2. The first-order valence-electron chi connectivity index (χ1n) is 7.62. The largest absolute Gasteiger partial charge is 0.306 e. The van der Waals surface area contributed by atoms with Crippen molar-refractivity contribution in [2.24, 2.45) is 11.5 Å². The van der Waals surface area contributed by atoms with E-state index in [1.165, 1.54) is 11.1 Å². The zero-order chi connectivity index (χ0) is 15.6. The molecule has 0 fully saturated rings. The second-order valence-corrected chi connectivity index (χ2v) is 6.35. The first kappa shape index (κ1) is 15.7. The van der Waals surface area contributed by atoms with Gasteiger partial charge in [0.05, 0.1) is 0 Å². The third kappa shape index (κ3) is 3.02. The lowest BCUT2D eigenvalue weighted by Crippen LogP contribution is -2.48. The van der Waals surface area contributed by atoms with Gasteiger partial charge in [0.25, 0.3) is 0 Å². The van der Waals surface area contributed by atoms with E-state index in [0.29, 0.717) is 11.8 Å². The van der Waals surface area contributed by atoms with Crippen LogP contribution >= 0.6 is 0 Å². The number of nitrogens with two attached hydrogens (primary N) is 2. The molecule has 0 atom stereocenters. The van der Waals surface area contributed by atoms with Crippen molar-refractivity contribution in [2.45, 2.75) is 45.2 Å². The molecule has 0 radical (unpaired) electrons. The molecule has 21 heavy (non-hydrogen) atoms. The predicted octanol–water partition coefficient (Wildman–Crippen LogP) is 4.05. The van der Waals surface area contributed by atoms with Crippen LogP contribution in [-0.4, -0.2) is 0 Å². The summed E-state index contributed by atoms with van der Waals surface area (Å²) in [4.78, 5) is 0. The van der Waals surface area contributed by atoms with E-state index < -0.39 is 5.66 Å². The van der Waals surface area contributed by atoms with Crippen LogP contribution in [0.5, 0.6) is 0 Å². The predicted molar refractivity (Wildman–Crippen MR) is 90.2 cm³/mol. The lowest BCUT2D eigenvalue weighted by atomic mass is 9.80. The molecule has 2 aromatic carbocycles. The van der Waals surface area contributed by atoms with E-state index in [0.717, 1.165) is 11.1 Å². The Kier molecular flexibility index (Phi) is 4.50. The van der Waals surface area contributed by atoms with Gasteiger partial charge in [0.15, 0.2) is 0 Å². The zero-order valence-corrected chi connectivity index (χ0v) is 13.4. The summed E-state index contributed by atoms with van der Waals surface area (Å²) < 4.78 is 0. The van der Waals surface area contributed by atoms with Gasteiger partial charge in [-0.3, -0.25) is 0 Å². The molecule has 112 valence electrons. The molecule has 0 aliphatic carbocycles. The van der Waals surface area contributed by atoms with Gasteiger partial charge in [-0.05, 0) is 34.1 Å². The summed E-state index contributed by atoms with van der Waals surface area (Å²) in [5, 5.41) is 0. The molecular formula is C19H26N2. The van der Waals surface area contributed by atoms with Crippen LogP contribution in [0.15, 0.2) is 48.5 Å². The van der Waals surface area contributed by atoms with E-state index in [1.54, 1.807) is 0 Å². The minimum Gasteiger partial charge on any atom is -0.306 e. The molecule has 2 aromatic rings. The fourth-order valence-corrected chi connectivity index (χ4v) is 2.96. The summed E-state index contributed by atoms with van der Waals surface area (Å²) in [6.07, 6.45) is 0. The molecule has 4 N–H and O–H groups in total. The second-order valence-electron chi connectivity index (χ2n) is 6.35. The number of hydrogen-bond acceptors (Lipinski definition) is 2. The fraction of sp³-hybridized carbons (Fsp3) is 0.368. The van der Waals surface area contributed by atoms with Gasteiger partial charge in [0.2, 0.25) is 0 Å². The molecule has 0 bridgehead atoms. The van der Waals surface area contributed by atoms with E-state index in [2.05, 4.69) is 45.9 Å². The maximum Gasteiger partial charge on any atom is 0.117 e. The molecule has 0 aliphatic heterocycles. The maximum atomic E-state index is 6.54. The molecule has 0 spiro atoms. The van der Waals surface area contributed by atoms with Crippen molar-refractivity contribution in [2.75, 3.05) is 0 Å². The highest BCUT2D eigenvalue weighted by atomic mass is 15.0. The van der Waals surface area contributed by atoms with Gasteiger partial charge in [-0.2, -0.15) is 0 Å². The molecule has 0 unspecified atom stereocenters. The van der Waals surface area contributed by atoms with Crippen LogP contribution in [-0.2, 0) is 5.66 Å². The minimum absolute atomic E-state index is 0.383. The van der Waals surface area contributed by atoms with Gasteiger partial charge in [-0.15, -0.1) is 0 Å². The van der Waals surface area contributed by atoms with Crippen molar-refractivity contribution < 1.29 is 0 Å². The highest BCUT2D eigenvalue weighted by Crippen LogP contribution is 2.34. The highest BCUT2D eigenvalue weighted by Gasteiger charge is 2.29. The van der Waals surface area contributed by atoms with Crippen molar-refractivity contribution >= 4 is 0 Å². The van der Waals surface area contributed by atoms with Crippen LogP contribution in [0.1, 0.15) is 61.8 Å². The molecule has 2 rings (SSSR count). The van der Waals surface area contributed by atoms with Crippen molar-refractivity contribution in [3.8, 4) is 0 Å². The first-order valence-corrected chi connectivity index (χ1v) is 7.62. The molecule has 0 heterocycles. The summed E-state index contributed by atoms with van der Waals surface area (Å²) in [5.74, 6) is 0.836. The number of hydrogen-bond donors (Lipinski definition) is 2. The molecule has 0 saturated carbocycles. The molecular weight excluding hydrogens is 256 g/mol. The van der Waals surface area contributed by atoms with Crippen LogP contribution in [0.25, 0.3) is 0 Å². The second kappa shape index (κ2) is 6.00. The van der Waals surface area contributed by atoms with Gasteiger partial charge < -0.3 is 11.5 Å². The van der Waals surface area contributed by atoms with E-state index in [4.69, 9.17) is 11.5 Å². The van der Waals surface area contributed by atoms with Crippen molar-refractivity contribution in [1.29, 1.82) is 0 Å². The van der Waals surface area contributed by atoms with Gasteiger partial charge >= 0.3 is 0 Å². The van der Waals surface area contributed by atoms with Crippen LogP contribution in [0, 0.1) is 0 Å². The molecule has 0 amide bonds. The Balaban J connectivity index is 2.66. The highest BCUT2D eigenvalue weighted by molar-refractivity contribution is 5.47. The van der Waals surface area contributed by atoms with Crippen molar-refractivity contribution in [3.05, 3.63) is 70.8 Å². The summed E-state index contributed by atoms with van der Waals surface area (Å²) in [7, 11) is 0. The van der Waals surface area contributed by atoms with E-state index in [1.807, 2.05) is 30.3 Å². The monoisotopic (exact) mass is 282 g/mol. The minimum atomic E-state index is -0.967. The molecule has 0 saturated heterocycles. The topological polar surface area (TPSA) is 52.0 Å². The lowest BCUT2D eigenvalue weighted by Gasteiger charge is -2.31. The average Bonchev–Trinajstić information content (AvgIpc) is 2.47. The Morgan fingerprint density at radius 3 is 1.90 bits per heavy atom. The molecule has 2 heteroatoms. The zero-order valence-electron chi connectivity index (χ0n) is 13.4. The van der Waals surface area contributed by atoms with Crippen LogP contribution in [0.4, 0.5) is 0 Å². The maximum absolute atomic E-state index is 6.54. The average molecular weight is 282 g/mol. The first-order chi connectivity index (χ1) is 9.85. The SMILES string of the molecule is CC(C)c1cccc(C(N)(N)c2ccccc2)c1C(C)C. The fourth-order valence-electron chi connectivity index (χ4n) is 2.96. The van der Waals surface area contributed by atoms with E-state index >= 15 is 0 Å². The Morgan fingerprint density at radius 1 is 0.762 bits per heavy atom. The Morgan fingerprint density at radius 2 is 1.38 bits per heavy atom. The normalized spacial score (nSPS) is 12.2. The van der Waals surface area contributed by atoms with E-state index in [9.17, 15) is 0 Å². The summed E-state index contributed by atoms with van der Waals surface area (Å²) in [6.45, 7) is 8.82. The lowest BCUT2D eigenvalue weighted by molar-refractivity contribution is 0.553. The quantitative estimate of drug-likeness (QED) is 0.831. The molecule has 0 aliphatic rings. The molecule has 0 aromatic heterocycles. The van der Waals surface area contributed by atoms with Gasteiger partial charge in [-0.25, -0.2) is 0 Å². The van der Waals surface area contributed by atoms with Crippen LogP contribution in [0.2, 0.25) is 0 Å². The third-order valence-electron chi connectivity index (χ3n) is 4.04. The Labute approximate surface area is 128 Å². The van der Waals surface area contributed by atoms with Crippen molar-refractivity contribution in [1.82, 2.24) is 0 Å². The van der Waals surface area contributed by atoms with Gasteiger partial charge in [0, 0.05) is 0 Å². The standard InChI is InChI=1S/C19H26N2/c1-13(2)16-11-8-12-17(18(16)14(3)4)19(20,21)15-9-6-5-7-10-15/h5-14H,20-21H2,1-4H3. The van der Waals surface area contributed by atoms with Crippen LogP contribution < -0.4 is 11.5 Å². The van der Waals surface area contributed by atoms with Crippen LogP contribution in [0.3, 0.4) is 0 Å². The summed E-state index contributed by atoms with van der Waals surface area (Å²) >= 11 is 0. The number of rotatable bonds is 4. The Bertz CT molecular complexity index is 598. The molecule has 2 nitrogen and oxygen atoms in total. The van der Waals surface area contributed by atoms with E-state index in [-0.39, 0.29) is 0 Å². The van der Waals surface area contributed by atoms with Crippen molar-refractivity contribution in [3.63, 3.8) is 0 Å². The number of benzene rings is 2.